The summed E-state index contributed by atoms with van der Waals surface area (Å²) in [5.41, 5.74) is 0. The van der Waals surface area contributed by atoms with Gasteiger partial charge in [0.2, 0.25) is 0 Å². The topological polar surface area (TPSA) is 43.5 Å². The zero-order valence-corrected chi connectivity index (χ0v) is 20.0. The summed E-state index contributed by atoms with van der Waals surface area (Å²) in [6, 6.07) is -0.196. The Labute approximate surface area is 182 Å². The molecule has 3 heteroatoms. The average Bonchev–Trinajstić information content (AvgIpc) is 2.70. The quantitative estimate of drug-likeness (QED) is 0.0714. The summed E-state index contributed by atoms with van der Waals surface area (Å²) >= 11 is 0. The summed E-state index contributed by atoms with van der Waals surface area (Å²) in [5, 5.41) is 20.4. The minimum absolute atomic E-state index is 0.0863. The van der Waals surface area contributed by atoms with Gasteiger partial charge in [-0.15, -0.1) is 6.58 Å². The molecule has 0 aromatic heterocycles. The second kappa shape index (κ2) is 19.3. The Balaban J connectivity index is 3.58. The van der Waals surface area contributed by atoms with Gasteiger partial charge < -0.3 is 10.2 Å². The Morgan fingerprint density at radius 2 is 1.10 bits per heavy atom. The van der Waals surface area contributed by atoms with E-state index in [0.717, 1.165) is 12.8 Å². The molecular weight excluding hydrogens is 358 g/mol. The lowest BCUT2D eigenvalue weighted by molar-refractivity contribution is -0.645. The number of aliphatic hydroxyl groups excluding tert-OH is 2. The SMILES string of the molecule is C=CC(C)C(C(C)O)[N+](=C)C(O)CCCCCCCCCCCCCCCCC. The van der Waals surface area contributed by atoms with Gasteiger partial charge in [-0.25, -0.2) is 4.58 Å². The van der Waals surface area contributed by atoms with E-state index >= 15 is 0 Å². The summed E-state index contributed by atoms with van der Waals surface area (Å²) < 4.78 is 1.67. The van der Waals surface area contributed by atoms with Gasteiger partial charge >= 0.3 is 0 Å². The van der Waals surface area contributed by atoms with Crippen molar-refractivity contribution in [3.63, 3.8) is 0 Å². The van der Waals surface area contributed by atoms with E-state index in [-0.39, 0.29) is 12.0 Å². The number of unbranched alkanes of at least 4 members (excludes halogenated alkanes) is 14. The molecule has 0 rings (SSSR count). The maximum atomic E-state index is 10.4. The van der Waals surface area contributed by atoms with Gasteiger partial charge in [-0.2, -0.15) is 0 Å². The summed E-state index contributed by atoms with van der Waals surface area (Å²) in [7, 11) is 0. The molecule has 3 nitrogen and oxygen atoms in total. The van der Waals surface area contributed by atoms with Crippen molar-refractivity contribution in [2.24, 2.45) is 5.92 Å². The number of hydrogen-bond acceptors (Lipinski definition) is 2. The summed E-state index contributed by atoms with van der Waals surface area (Å²) in [5.74, 6) is 0.0863. The minimum atomic E-state index is -0.598. The van der Waals surface area contributed by atoms with Crippen LogP contribution < -0.4 is 0 Å². The third-order valence-corrected chi connectivity index (χ3v) is 6.24. The minimum Gasteiger partial charge on any atom is -0.386 e. The molecule has 0 aromatic carbocycles. The highest BCUT2D eigenvalue weighted by Gasteiger charge is 2.33. The van der Waals surface area contributed by atoms with E-state index < -0.39 is 12.3 Å². The second-order valence-electron chi connectivity index (χ2n) is 9.06. The highest BCUT2D eigenvalue weighted by Crippen LogP contribution is 2.17. The van der Waals surface area contributed by atoms with Crippen molar-refractivity contribution >= 4 is 6.72 Å². The molecule has 0 amide bonds. The molecule has 0 saturated carbocycles. The largest absolute Gasteiger partial charge is 0.386 e. The molecule has 4 unspecified atom stereocenters. The zero-order valence-electron chi connectivity index (χ0n) is 20.0. The fraction of sp³-hybridized carbons (Fsp3) is 0.885. The smallest absolute Gasteiger partial charge is 0.254 e. The van der Waals surface area contributed by atoms with Crippen molar-refractivity contribution in [3.8, 4) is 0 Å². The molecule has 29 heavy (non-hydrogen) atoms. The van der Waals surface area contributed by atoms with Crippen LogP contribution in [0.2, 0.25) is 0 Å². The predicted molar refractivity (Wildman–Crippen MR) is 128 cm³/mol. The monoisotopic (exact) mass is 410 g/mol. The fourth-order valence-corrected chi connectivity index (χ4v) is 4.22. The highest BCUT2D eigenvalue weighted by atomic mass is 16.3. The van der Waals surface area contributed by atoms with Gasteiger partial charge in [0, 0.05) is 12.3 Å². The Kier molecular flexibility index (Phi) is 18.9. The predicted octanol–water partition coefficient (Wildman–Crippen LogP) is 6.85. The lowest BCUT2D eigenvalue weighted by Gasteiger charge is -2.24. The van der Waals surface area contributed by atoms with E-state index in [4.69, 9.17) is 0 Å². The first kappa shape index (κ1) is 28.3. The number of nitrogens with zero attached hydrogens (tertiary/aromatic N) is 1. The van der Waals surface area contributed by atoms with Gasteiger partial charge in [0.05, 0.1) is 0 Å². The second-order valence-corrected chi connectivity index (χ2v) is 9.06. The van der Waals surface area contributed by atoms with E-state index in [1.807, 2.05) is 13.0 Å². The zero-order chi connectivity index (χ0) is 21.9. The fourth-order valence-electron chi connectivity index (χ4n) is 4.22. The molecule has 0 saturated heterocycles. The third-order valence-electron chi connectivity index (χ3n) is 6.24. The molecular formula is C26H52NO2+. The summed E-state index contributed by atoms with van der Waals surface area (Å²) in [6.45, 7) is 13.8. The molecule has 0 aliphatic carbocycles. The van der Waals surface area contributed by atoms with Crippen LogP contribution in [0.5, 0.6) is 0 Å². The van der Waals surface area contributed by atoms with E-state index in [9.17, 15) is 10.2 Å². The van der Waals surface area contributed by atoms with E-state index in [2.05, 4.69) is 20.2 Å². The van der Waals surface area contributed by atoms with Crippen molar-refractivity contribution in [1.82, 2.24) is 0 Å². The van der Waals surface area contributed by atoms with Crippen molar-refractivity contribution in [1.29, 1.82) is 0 Å². The van der Waals surface area contributed by atoms with E-state index in [0.29, 0.717) is 0 Å². The van der Waals surface area contributed by atoms with Crippen molar-refractivity contribution in [2.45, 2.75) is 142 Å². The summed E-state index contributed by atoms with van der Waals surface area (Å²) in [4.78, 5) is 0. The van der Waals surface area contributed by atoms with Crippen molar-refractivity contribution < 1.29 is 14.8 Å². The van der Waals surface area contributed by atoms with Crippen LogP contribution in [0.25, 0.3) is 0 Å². The van der Waals surface area contributed by atoms with Gasteiger partial charge in [0.1, 0.15) is 12.8 Å². The van der Waals surface area contributed by atoms with Crippen LogP contribution in [0.4, 0.5) is 0 Å². The molecule has 0 aliphatic heterocycles. The van der Waals surface area contributed by atoms with Crippen LogP contribution in [-0.4, -0.2) is 39.9 Å². The number of rotatable bonds is 21. The molecule has 2 N–H and O–H groups in total. The van der Waals surface area contributed by atoms with Gasteiger partial charge in [-0.1, -0.05) is 110 Å². The molecule has 4 atom stereocenters. The molecule has 0 fully saturated rings. The van der Waals surface area contributed by atoms with E-state index in [1.165, 1.54) is 89.9 Å². The normalized spacial score (nSPS) is 15.6. The maximum Gasteiger partial charge on any atom is 0.254 e. The molecule has 0 spiro atoms. The average molecular weight is 411 g/mol. The van der Waals surface area contributed by atoms with Crippen molar-refractivity contribution in [2.75, 3.05) is 0 Å². The Hall–Kier alpha value is -0.670. The third kappa shape index (κ3) is 14.9. The number of aliphatic hydroxyl groups is 2. The maximum absolute atomic E-state index is 10.4. The molecule has 0 aliphatic rings. The van der Waals surface area contributed by atoms with Crippen molar-refractivity contribution in [3.05, 3.63) is 12.7 Å². The van der Waals surface area contributed by atoms with Crippen LogP contribution in [0.15, 0.2) is 12.7 Å². The van der Waals surface area contributed by atoms with Crippen LogP contribution >= 0.6 is 0 Å². The van der Waals surface area contributed by atoms with Gasteiger partial charge in [0.25, 0.3) is 6.23 Å². The van der Waals surface area contributed by atoms with Crippen LogP contribution in [-0.2, 0) is 0 Å². The van der Waals surface area contributed by atoms with Crippen LogP contribution in [0, 0.1) is 5.92 Å². The lowest BCUT2D eigenvalue weighted by atomic mass is 9.96. The molecule has 0 aromatic rings. The Morgan fingerprint density at radius 3 is 1.45 bits per heavy atom. The molecule has 0 bridgehead atoms. The molecule has 172 valence electrons. The van der Waals surface area contributed by atoms with Gasteiger partial charge in [-0.05, 0) is 13.3 Å². The van der Waals surface area contributed by atoms with Crippen LogP contribution in [0.1, 0.15) is 124 Å². The first-order chi connectivity index (χ1) is 14.0. The lowest BCUT2D eigenvalue weighted by Crippen LogP contribution is -2.44. The molecule has 0 radical (unpaired) electrons. The number of hydrogen-bond donors (Lipinski definition) is 2. The van der Waals surface area contributed by atoms with Gasteiger partial charge in [-0.3, -0.25) is 0 Å². The standard InChI is InChI=1S/C26H52NO2/c1-6-8-9-10-11-12-13-14-15-16-17-18-19-20-21-22-25(29)27(5)26(24(4)28)23(3)7-2/h7,23-26,28-29H,2,5-6,8-22H2,1,3-4H3/q+1. The first-order valence-electron chi connectivity index (χ1n) is 12.5. The first-order valence-corrected chi connectivity index (χ1v) is 12.5. The summed E-state index contributed by atoms with van der Waals surface area (Å²) in [6.07, 6.45) is 21.5. The Bertz CT molecular complexity index is 394. The van der Waals surface area contributed by atoms with E-state index in [1.54, 1.807) is 11.5 Å². The molecule has 0 heterocycles. The highest BCUT2D eigenvalue weighted by molar-refractivity contribution is 5.15. The van der Waals surface area contributed by atoms with Gasteiger partial charge in [0.15, 0.2) is 6.04 Å². The van der Waals surface area contributed by atoms with Crippen LogP contribution in [0.3, 0.4) is 0 Å². The Morgan fingerprint density at radius 1 is 0.724 bits per heavy atom.